The Kier molecular flexibility index (Phi) is 5.49. The fourth-order valence-corrected chi connectivity index (χ4v) is 2.35. The van der Waals surface area contributed by atoms with Crippen LogP contribution in [-0.2, 0) is 17.3 Å². The van der Waals surface area contributed by atoms with Crippen molar-refractivity contribution in [3.63, 3.8) is 0 Å². The van der Waals surface area contributed by atoms with Crippen LogP contribution in [0.4, 0.5) is 0 Å². The molecule has 1 aromatic heterocycles. The monoisotopic (exact) mass is 291 g/mol. The van der Waals surface area contributed by atoms with Gasteiger partial charge in [0.25, 0.3) is 0 Å². The van der Waals surface area contributed by atoms with Gasteiger partial charge in [0.05, 0.1) is 6.33 Å². The molecule has 1 heterocycles. The van der Waals surface area contributed by atoms with E-state index in [1.807, 2.05) is 17.7 Å². The molecular weight excluding hydrogens is 270 g/mol. The molecule has 0 aliphatic rings. The Bertz CT molecular complexity index is 537. The van der Waals surface area contributed by atoms with Gasteiger partial charge in [-0.25, -0.2) is 4.98 Å². The summed E-state index contributed by atoms with van der Waals surface area (Å²) in [6.45, 7) is 3.76. The minimum atomic E-state index is -0.727. The Labute approximate surface area is 122 Å². The Morgan fingerprint density at radius 2 is 2.10 bits per heavy atom. The maximum absolute atomic E-state index is 11.2. The van der Waals surface area contributed by atoms with Crippen LogP contribution in [0.25, 0.3) is 5.69 Å². The van der Waals surface area contributed by atoms with Gasteiger partial charge in [-0.15, -0.1) is 0 Å². The van der Waals surface area contributed by atoms with Crippen molar-refractivity contribution in [2.24, 2.45) is 0 Å². The number of hydrogen-bond donors (Lipinski definition) is 1. The Morgan fingerprint density at radius 3 is 2.70 bits per heavy atom. The van der Waals surface area contributed by atoms with Gasteiger partial charge in [-0.1, -0.05) is 19.1 Å². The Morgan fingerprint density at radius 1 is 1.35 bits per heavy atom. The smallest absolute Gasteiger partial charge is 0.0991 e. The molecule has 2 aromatic rings. The van der Waals surface area contributed by atoms with Crippen molar-refractivity contribution in [3.05, 3.63) is 48.5 Å². The first-order valence-electron chi connectivity index (χ1n) is 6.77. The highest BCUT2D eigenvalue weighted by Gasteiger charge is 2.04. The molecule has 0 radical (unpaired) electrons. The zero-order valence-electron chi connectivity index (χ0n) is 12.0. The lowest BCUT2D eigenvalue weighted by atomic mass is 10.2. The summed E-state index contributed by atoms with van der Waals surface area (Å²) in [5.41, 5.74) is 2.36. The number of imidazole rings is 1. The van der Waals surface area contributed by atoms with Crippen LogP contribution in [-0.4, -0.2) is 31.8 Å². The molecule has 0 aliphatic carbocycles. The van der Waals surface area contributed by atoms with Crippen LogP contribution in [0.2, 0.25) is 0 Å². The van der Waals surface area contributed by atoms with Crippen molar-refractivity contribution in [1.29, 1.82) is 0 Å². The van der Waals surface area contributed by atoms with Gasteiger partial charge in [0.15, 0.2) is 0 Å². The molecule has 2 rings (SSSR count). The summed E-state index contributed by atoms with van der Waals surface area (Å²) in [6, 6.07) is 8.40. The van der Waals surface area contributed by atoms with E-state index in [0.29, 0.717) is 0 Å². The molecule has 0 bridgehead atoms. The highest BCUT2D eigenvalue weighted by Crippen LogP contribution is 2.09. The van der Waals surface area contributed by atoms with Crippen LogP contribution in [0.15, 0.2) is 43.0 Å². The van der Waals surface area contributed by atoms with E-state index in [2.05, 4.69) is 34.6 Å². The molecule has 2 unspecified atom stereocenters. The van der Waals surface area contributed by atoms with E-state index in [4.69, 9.17) is 0 Å². The van der Waals surface area contributed by atoms with E-state index in [0.717, 1.165) is 25.2 Å². The predicted molar refractivity (Wildman–Crippen MR) is 83.4 cm³/mol. The standard InChI is InChI=1S/C15H21N3OS/c1-13(20(2)19)7-8-16-11-14-3-5-15(6-4-14)18-10-9-17-12-18/h3-6,9-10,12-13,16H,7-8,11H2,1-2H3. The maximum Gasteiger partial charge on any atom is 0.0991 e. The lowest BCUT2D eigenvalue weighted by Crippen LogP contribution is -2.20. The molecule has 1 aromatic carbocycles. The van der Waals surface area contributed by atoms with Crippen LogP contribution in [0, 0.1) is 0 Å². The fraction of sp³-hybridized carbons (Fsp3) is 0.400. The molecule has 5 heteroatoms. The number of nitrogens with zero attached hydrogens (tertiary/aromatic N) is 2. The third kappa shape index (κ3) is 4.28. The summed E-state index contributed by atoms with van der Waals surface area (Å²) >= 11 is 0. The molecule has 0 saturated heterocycles. The second-order valence-corrected chi connectivity index (χ2v) is 6.71. The number of nitrogens with one attached hydrogen (secondary N) is 1. The lowest BCUT2D eigenvalue weighted by molar-refractivity contribution is 0.629. The average Bonchev–Trinajstić information content (AvgIpc) is 2.98. The van der Waals surface area contributed by atoms with Gasteiger partial charge in [0, 0.05) is 46.9 Å². The zero-order valence-corrected chi connectivity index (χ0v) is 12.8. The summed E-state index contributed by atoms with van der Waals surface area (Å²) in [6.07, 6.45) is 8.20. The van der Waals surface area contributed by atoms with E-state index in [9.17, 15) is 4.21 Å². The maximum atomic E-state index is 11.2. The minimum Gasteiger partial charge on any atom is -0.313 e. The van der Waals surface area contributed by atoms with Crippen LogP contribution in [0.1, 0.15) is 18.9 Å². The third-order valence-corrected chi connectivity index (χ3v) is 4.73. The van der Waals surface area contributed by atoms with Gasteiger partial charge in [0.1, 0.15) is 0 Å². The van der Waals surface area contributed by atoms with Crippen molar-refractivity contribution in [1.82, 2.24) is 14.9 Å². The molecule has 0 amide bonds. The topological polar surface area (TPSA) is 46.9 Å². The second-order valence-electron chi connectivity index (χ2n) is 4.91. The highest BCUT2D eigenvalue weighted by atomic mass is 32.2. The van der Waals surface area contributed by atoms with Gasteiger partial charge in [-0.3, -0.25) is 4.21 Å². The van der Waals surface area contributed by atoms with Crippen molar-refractivity contribution in [3.8, 4) is 5.69 Å². The average molecular weight is 291 g/mol. The molecule has 0 saturated carbocycles. The number of benzene rings is 1. The quantitative estimate of drug-likeness (QED) is 0.795. The van der Waals surface area contributed by atoms with Gasteiger partial charge in [0.2, 0.25) is 0 Å². The summed E-state index contributed by atoms with van der Waals surface area (Å²) in [5.74, 6) is 0. The highest BCUT2D eigenvalue weighted by molar-refractivity contribution is 7.84. The largest absolute Gasteiger partial charge is 0.313 e. The SMILES string of the molecule is CC(CCNCc1ccc(-n2ccnc2)cc1)S(C)=O. The van der Waals surface area contributed by atoms with Gasteiger partial charge in [-0.05, 0) is 30.7 Å². The molecule has 2 atom stereocenters. The normalized spacial score (nSPS) is 14.1. The molecule has 4 nitrogen and oxygen atoms in total. The van der Waals surface area contributed by atoms with Gasteiger partial charge >= 0.3 is 0 Å². The zero-order chi connectivity index (χ0) is 14.4. The minimum absolute atomic E-state index is 0.256. The molecule has 1 N–H and O–H groups in total. The van der Waals surface area contributed by atoms with Crippen LogP contribution < -0.4 is 5.32 Å². The van der Waals surface area contributed by atoms with Gasteiger partial charge < -0.3 is 9.88 Å². The molecule has 0 spiro atoms. The number of rotatable bonds is 7. The fourth-order valence-electron chi connectivity index (χ4n) is 1.90. The number of aromatic nitrogens is 2. The van der Waals surface area contributed by atoms with E-state index < -0.39 is 10.8 Å². The number of hydrogen-bond acceptors (Lipinski definition) is 3. The second kappa shape index (κ2) is 7.36. The molecule has 0 aliphatic heterocycles. The molecular formula is C15H21N3OS. The summed E-state index contributed by atoms with van der Waals surface area (Å²) in [7, 11) is -0.727. The summed E-state index contributed by atoms with van der Waals surface area (Å²) in [4.78, 5) is 4.04. The van der Waals surface area contributed by atoms with Crippen molar-refractivity contribution < 1.29 is 4.21 Å². The van der Waals surface area contributed by atoms with Crippen molar-refractivity contribution in [2.75, 3.05) is 12.8 Å². The van der Waals surface area contributed by atoms with Crippen LogP contribution in [0.3, 0.4) is 0 Å². The summed E-state index contributed by atoms with van der Waals surface area (Å²) in [5, 5.41) is 3.64. The molecule has 0 fully saturated rings. The predicted octanol–water partition coefficient (Wildman–Crippen LogP) is 2.12. The van der Waals surface area contributed by atoms with Gasteiger partial charge in [-0.2, -0.15) is 0 Å². The molecule has 20 heavy (non-hydrogen) atoms. The van der Waals surface area contributed by atoms with E-state index in [1.165, 1.54) is 5.56 Å². The van der Waals surface area contributed by atoms with E-state index in [-0.39, 0.29) is 5.25 Å². The summed E-state index contributed by atoms with van der Waals surface area (Å²) < 4.78 is 13.2. The third-order valence-electron chi connectivity index (χ3n) is 3.36. The molecule has 108 valence electrons. The lowest BCUT2D eigenvalue weighted by Gasteiger charge is -2.09. The first-order valence-corrected chi connectivity index (χ1v) is 8.39. The van der Waals surface area contributed by atoms with E-state index >= 15 is 0 Å². The Hall–Kier alpha value is -1.46. The first-order chi connectivity index (χ1) is 9.66. The Balaban J connectivity index is 1.78. The van der Waals surface area contributed by atoms with Crippen molar-refractivity contribution >= 4 is 10.8 Å². The first kappa shape index (κ1) is 14.9. The van der Waals surface area contributed by atoms with Crippen molar-refractivity contribution in [2.45, 2.75) is 25.1 Å². The van der Waals surface area contributed by atoms with E-state index in [1.54, 1.807) is 18.8 Å². The van der Waals surface area contributed by atoms with Crippen LogP contribution >= 0.6 is 0 Å². The van der Waals surface area contributed by atoms with Crippen LogP contribution in [0.5, 0.6) is 0 Å².